The lowest BCUT2D eigenvalue weighted by Gasteiger charge is -2.03. The van der Waals surface area contributed by atoms with Crippen molar-refractivity contribution >= 4 is 11.7 Å². The first-order chi connectivity index (χ1) is 6.15. The molecule has 0 unspecified atom stereocenters. The van der Waals surface area contributed by atoms with E-state index in [-0.39, 0.29) is 23.7 Å². The van der Waals surface area contributed by atoms with E-state index < -0.39 is 5.97 Å². The van der Waals surface area contributed by atoms with Crippen LogP contribution in [0.2, 0.25) is 0 Å². The van der Waals surface area contributed by atoms with Crippen molar-refractivity contribution in [3.63, 3.8) is 0 Å². The standard InChI is InChI=1S/C8H10N2O3/c1-2-13-8(12)7-6(9)3-5(11)4-10-7/h3-4,11H,2,9H2,1H3. The van der Waals surface area contributed by atoms with Crippen LogP contribution in [0.1, 0.15) is 17.4 Å². The minimum atomic E-state index is -0.583. The van der Waals surface area contributed by atoms with Gasteiger partial charge in [0.25, 0.3) is 0 Å². The van der Waals surface area contributed by atoms with Gasteiger partial charge in [-0.2, -0.15) is 0 Å². The lowest BCUT2D eigenvalue weighted by molar-refractivity contribution is 0.0521. The normalized spacial score (nSPS) is 9.62. The van der Waals surface area contributed by atoms with Crippen LogP contribution in [0.25, 0.3) is 0 Å². The summed E-state index contributed by atoms with van der Waals surface area (Å²) in [5.41, 5.74) is 5.57. The number of carbonyl (C=O) groups is 1. The molecule has 3 N–H and O–H groups in total. The molecule has 1 aromatic heterocycles. The SMILES string of the molecule is CCOC(=O)c1ncc(O)cc1N. The molecule has 0 aliphatic heterocycles. The Kier molecular flexibility index (Phi) is 2.69. The van der Waals surface area contributed by atoms with Crippen LogP contribution >= 0.6 is 0 Å². The highest BCUT2D eigenvalue weighted by Gasteiger charge is 2.12. The van der Waals surface area contributed by atoms with E-state index in [2.05, 4.69) is 9.72 Å². The van der Waals surface area contributed by atoms with Gasteiger partial charge in [0.2, 0.25) is 0 Å². The molecule has 1 rings (SSSR count). The van der Waals surface area contributed by atoms with Crippen LogP contribution < -0.4 is 5.73 Å². The van der Waals surface area contributed by atoms with Gasteiger partial charge in [0, 0.05) is 6.07 Å². The van der Waals surface area contributed by atoms with Gasteiger partial charge in [0.05, 0.1) is 18.5 Å². The lowest BCUT2D eigenvalue weighted by atomic mass is 10.3. The Morgan fingerprint density at radius 1 is 1.77 bits per heavy atom. The molecule has 0 radical (unpaired) electrons. The van der Waals surface area contributed by atoms with E-state index in [4.69, 9.17) is 10.8 Å². The number of ether oxygens (including phenoxy) is 1. The van der Waals surface area contributed by atoms with Gasteiger partial charge >= 0.3 is 5.97 Å². The molecule has 0 atom stereocenters. The lowest BCUT2D eigenvalue weighted by Crippen LogP contribution is -2.09. The molecule has 0 saturated heterocycles. The molecule has 0 aliphatic carbocycles. The molecule has 1 aromatic rings. The Labute approximate surface area is 75.2 Å². The van der Waals surface area contributed by atoms with Crippen molar-refractivity contribution in [1.82, 2.24) is 4.98 Å². The molecule has 0 amide bonds. The number of nitrogens with zero attached hydrogens (tertiary/aromatic N) is 1. The third-order valence-corrected chi connectivity index (χ3v) is 1.37. The molecule has 0 bridgehead atoms. The van der Waals surface area contributed by atoms with Crippen molar-refractivity contribution in [3.8, 4) is 5.75 Å². The summed E-state index contributed by atoms with van der Waals surface area (Å²) in [7, 11) is 0. The number of nitrogens with two attached hydrogens (primary N) is 1. The van der Waals surface area contributed by atoms with E-state index in [1.54, 1.807) is 6.92 Å². The van der Waals surface area contributed by atoms with E-state index in [9.17, 15) is 4.79 Å². The highest BCUT2D eigenvalue weighted by atomic mass is 16.5. The number of pyridine rings is 1. The van der Waals surface area contributed by atoms with E-state index >= 15 is 0 Å². The topological polar surface area (TPSA) is 85.4 Å². The summed E-state index contributed by atoms with van der Waals surface area (Å²) in [5.74, 6) is -0.662. The molecule has 5 heteroatoms. The van der Waals surface area contributed by atoms with Gasteiger partial charge in [0.15, 0.2) is 5.69 Å². The second-order valence-corrected chi connectivity index (χ2v) is 2.35. The Bertz CT molecular complexity index is 325. The first kappa shape index (κ1) is 9.31. The van der Waals surface area contributed by atoms with Crippen LogP contribution in [0.4, 0.5) is 5.69 Å². The number of aromatic hydroxyl groups is 1. The van der Waals surface area contributed by atoms with E-state index in [0.717, 1.165) is 6.20 Å². The predicted molar refractivity (Wildman–Crippen MR) is 46.3 cm³/mol. The molecule has 5 nitrogen and oxygen atoms in total. The minimum absolute atomic E-state index is 0.0275. The van der Waals surface area contributed by atoms with E-state index in [1.807, 2.05) is 0 Å². The zero-order valence-corrected chi connectivity index (χ0v) is 7.15. The van der Waals surface area contributed by atoms with Gasteiger partial charge in [-0.3, -0.25) is 0 Å². The third kappa shape index (κ3) is 2.08. The molecule has 0 fully saturated rings. The van der Waals surface area contributed by atoms with Gasteiger partial charge in [-0.05, 0) is 6.92 Å². The third-order valence-electron chi connectivity index (χ3n) is 1.37. The molecule has 1 heterocycles. The van der Waals surface area contributed by atoms with Gasteiger partial charge in [-0.15, -0.1) is 0 Å². The molecule has 0 aromatic carbocycles. The average Bonchev–Trinajstić information content (AvgIpc) is 2.04. The predicted octanol–water partition coefficient (Wildman–Crippen LogP) is 0.546. The number of aromatic nitrogens is 1. The largest absolute Gasteiger partial charge is 0.506 e. The maximum Gasteiger partial charge on any atom is 0.359 e. The summed E-state index contributed by atoms with van der Waals surface area (Å²) in [4.78, 5) is 14.8. The Hall–Kier alpha value is -1.78. The second-order valence-electron chi connectivity index (χ2n) is 2.35. The maximum absolute atomic E-state index is 11.1. The van der Waals surface area contributed by atoms with Crippen molar-refractivity contribution in [1.29, 1.82) is 0 Å². The maximum atomic E-state index is 11.1. The number of hydrogen-bond donors (Lipinski definition) is 2. The van der Waals surface area contributed by atoms with Crippen LogP contribution in [0, 0.1) is 0 Å². The number of hydrogen-bond acceptors (Lipinski definition) is 5. The van der Waals surface area contributed by atoms with E-state index in [1.165, 1.54) is 6.07 Å². The molecule has 0 aliphatic rings. The first-order valence-electron chi connectivity index (χ1n) is 3.76. The van der Waals surface area contributed by atoms with Crippen LogP contribution in [0.3, 0.4) is 0 Å². The van der Waals surface area contributed by atoms with Crippen molar-refractivity contribution in [3.05, 3.63) is 18.0 Å². The number of rotatable bonds is 2. The molecular formula is C8H10N2O3. The molecule has 70 valence electrons. The molecule has 13 heavy (non-hydrogen) atoms. The molecule has 0 spiro atoms. The zero-order valence-electron chi connectivity index (χ0n) is 7.15. The number of anilines is 1. The number of esters is 1. The number of carbonyl (C=O) groups excluding carboxylic acids is 1. The smallest absolute Gasteiger partial charge is 0.359 e. The Morgan fingerprint density at radius 2 is 2.46 bits per heavy atom. The van der Waals surface area contributed by atoms with Crippen molar-refractivity contribution in [2.45, 2.75) is 6.92 Å². The summed E-state index contributed by atoms with van der Waals surface area (Å²) in [6.45, 7) is 1.95. The van der Waals surface area contributed by atoms with Gasteiger partial charge in [-0.25, -0.2) is 9.78 Å². The quantitative estimate of drug-likeness (QED) is 0.652. The molecule has 0 saturated carbocycles. The highest BCUT2D eigenvalue weighted by molar-refractivity contribution is 5.92. The first-order valence-corrected chi connectivity index (χ1v) is 3.76. The summed E-state index contributed by atoms with van der Waals surface area (Å²) in [6, 6.07) is 1.25. The monoisotopic (exact) mass is 182 g/mol. The Balaban J connectivity index is 2.95. The summed E-state index contributed by atoms with van der Waals surface area (Å²) in [6.07, 6.45) is 1.14. The fraction of sp³-hybridized carbons (Fsp3) is 0.250. The van der Waals surface area contributed by atoms with Crippen molar-refractivity contribution in [2.75, 3.05) is 12.3 Å². The van der Waals surface area contributed by atoms with Gasteiger partial charge in [0.1, 0.15) is 5.75 Å². The zero-order chi connectivity index (χ0) is 9.84. The summed E-state index contributed by atoms with van der Waals surface area (Å²) in [5, 5.41) is 8.95. The Morgan fingerprint density at radius 3 is 3.00 bits per heavy atom. The van der Waals surface area contributed by atoms with Gasteiger partial charge in [-0.1, -0.05) is 0 Å². The fourth-order valence-electron chi connectivity index (χ4n) is 0.840. The highest BCUT2D eigenvalue weighted by Crippen LogP contribution is 2.15. The molecular weight excluding hydrogens is 172 g/mol. The second kappa shape index (κ2) is 3.75. The van der Waals surface area contributed by atoms with Crippen molar-refractivity contribution in [2.24, 2.45) is 0 Å². The van der Waals surface area contributed by atoms with Crippen LogP contribution in [-0.2, 0) is 4.74 Å². The van der Waals surface area contributed by atoms with E-state index in [0.29, 0.717) is 0 Å². The fourth-order valence-corrected chi connectivity index (χ4v) is 0.840. The van der Waals surface area contributed by atoms with Crippen molar-refractivity contribution < 1.29 is 14.6 Å². The van der Waals surface area contributed by atoms with Gasteiger partial charge < -0.3 is 15.6 Å². The van der Waals surface area contributed by atoms with Crippen LogP contribution in [0.15, 0.2) is 12.3 Å². The summed E-state index contributed by atoms with van der Waals surface area (Å²) < 4.78 is 4.69. The number of nitrogen functional groups attached to an aromatic ring is 1. The summed E-state index contributed by atoms with van der Waals surface area (Å²) >= 11 is 0. The van der Waals surface area contributed by atoms with Crippen LogP contribution in [0.5, 0.6) is 5.75 Å². The average molecular weight is 182 g/mol. The van der Waals surface area contributed by atoms with Crippen LogP contribution in [-0.4, -0.2) is 22.7 Å². The minimum Gasteiger partial charge on any atom is -0.506 e.